The predicted molar refractivity (Wildman–Crippen MR) is 172 cm³/mol. The molecular formula is C37H43IrN2O5-. The summed E-state index contributed by atoms with van der Waals surface area (Å²) in [6.07, 6.45) is 5.36. The molecule has 1 aromatic heterocycles. The maximum atomic E-state index is 13.5. The summed E-state index contributed by atoms with van der Waals surface area (Å²) in [5.41, 5.74) is 2.54. The van der Waals surface area contributed by atoms with Crippen LogP contribution in [0.1, 0.15) is 64.0 Å². The average molecular weight is 788 g/mol. The van der Waals surface area contributed by atoms with Crippen LogP contribution in [0.25, 0.3) is 17.1 Å². The number of hydrogen-bond acceptors (Lipinski definition) is 6. The topological polar surface area (TPSA) is 79.7 Å². The summed E-state index contributed by atoms with van der Waals surface area (Å²) in [6.45, 7) is 9.99. The van der Waals surface area contributed by atoms with Crippen LogP contribution >= 0.6 is 0 Å². The molecule has 4 aromatic rings. The molecule has 1 heterocycles. The van der Waals surface area contributed by atoms with Crippen LogP contribution in [0.5, 0.6) is 5.75 Å². The number of hydrogen-bond donors (Lipinski definition) is 0. The van der Waals surface area contributed by atoms with E-state index >= 15 is 0 Å². The van der Waals surface area contributed by atoms with Gasteiger partial charge in [-0.25, -0.2) is 0 Å². The first-order chi connectivity index (χ1) is 21.0. The molecule has 7 nitrogen and oxygen atoms in total. The molecule has 0 aliphatic rings. The molecular weight excluding hydrogens is 745 g/mol. The van der Waals surface area contributed by atoms with E-state index in [4.69, 9.17) is 14.2 Å². The summed E-state index contributed by atoms with van der Waals surface area (Å²) in [7, 11) is 1.37. The Bertz CT molecular complexity index is 1530. The molecule has 0 saturated heterocycles. The normalized spacial score (nSPS) is 13.2. The van der Waals surface area contributed by atoms with E-state index in [0.29, 0.717) is 18.6 Å². The summed E-state index contributed by atoms with van der Waals surface area (Å²) in [5.74, 6) is 0.961. The van der Waals surface area contributed by atoms with Crippen molar-refractivity contribution in [2.24, 2.45) is 10.8 Å². The van der Waals surface area contributed by atoms with Crippen LogP contribution < -0.4 is 4.74 Å². The second-order valence-electron chi connectivity index (χ2n) is 12.3. The maximum Gasteiger partial charge on any atom is 0.311 e. The number of methoxy groups -OCH3 is 1. The molecule has 0 N–H and O–H groups in total. The minimum absolute atomic E-state index is 0. The van der Waals surface area contributed by atoms with Gasteiger partial charge in [0.1, 0.15) is 13.2 Å². The SMILES string of the molecule is COC(=O)C(C)(C)CC(C)(CCC(C)c1ccccc1)C(=O)OCCOc1c[c-]c(-c2nccn2-c2ccccc2C)cc1.[Ir]. The Labute approximate surface area is 280 Å². The minimum Gasteiger partial charge on any atom is -0.533 e. The number of aryl methyl sites for hydroxylation is 1. The number of imidazole rings is 1. The van der Waals surface area contributed by atoms with Gasteiger partial charge in [-0.1, -0.05) is 55.5 Å². The molecule has 0 saturated carbocycles. The largest absolute Gasteiger partial charge is 0.533 e. The third-order valence-corrected chi connectivity index (χ3v) is 8.19. The smallest absolute Gasteiger partial charge is 0.311 e. The molecule has 2 atom stereocenters. The fraction of sp³-hybridized carbons (Fsp3) is 0.378. The molecule has 0 spiro atoms. The first-order valence-corrected chi connectivity index (χ1v) is 15.1. The van der Waals surface area contributed by atoms with Gasteiger partial charge in [0.05, 0.1) is 23.8 Å². The van der Waals surface area contributed by atoms with E-state index < -0.39 is 10.8 Å². The third kappa shape index (κ3) is 9.15. The summed E-state index contributed by atoms with van der Waals surface area (Å²) in [6, 6.07) is 27.2. The van der Waals surface area contributed by atoms with E-state index in [2.05, 4.69) is 49.2 Å². The van der Waals surface area contributed by atoms with Crippen molar-refractivity contribution in [2.45, 2.75) is 59.8 Å². The number of carbonyl (C=O) groups excluding carboxylic acids is 2. The number of nitrogens with zero attached hydrogens (tertiary/aromatic N) is 2. The van der Waals surface area contributed by atoms with Crippen molar-refractivity contribution in [3.05, 3.63) is 102 Å². The minimum atomic E-state index is -0.880. The number of aromatic nitrogens is 2. The molecule has 0 amide bonds. The van der Waals surface area contributed by atoms with Crippen molar-refractivity contribution in [1.29, 1.82) is 0 Å². The summed E-state index contributed by atoms with van der Waals surface area (Å²) in [5, 5.41) is 0. The van der Waals surface area contributed by atoms with Gasteiger partial charge < -0.3 is 18.8 Å². The zero-order valence-corrected chi connectivity index (χ0v) is 29.4. The second kappa shape index (κ2) is 16.0. The Morgan fingerprint density at radius 3 is 2.33 bits per heavy atom. The molecule has 0 aliphatic carbocycles. The zero-order chi connectivity index (χ0) is 31.7. The standard InChI is InChI=1S/C37H43N2O5.Ir/c1-27(29-13-8-7-9-14-29)20-21-37(5,26-36(3,4)34(40)42-6)35(41)44-25-24-43-31-18-16-30(17-19-31)33-38-22-23-39(33)32-15-11-10-12-28(32)2;/h7-16,18-19,22-23,27H,20-21,24-26H2,1-6H3;/q-1;. The van der Waals surface area contributed by atoms with Crippen LogP contribution in [-0.4, -0.2) is 41.8 Å². The van der Waals surface area contributed by atoms with Gasteiger partial charge >= 0.3 is 11.9 Å². The van der Waals surface area contributed by atoms with Crippen molar-refractivity contribution < 1.29 is 43.9 Å². The van der Waals surface area contributed by atoms with Crippen LogP contribution in [0.2, 0.25) is 0 Å². The molecule has 45 heavy (non-hydrogen) atoms. The van der Waals surface area contributed by atoms with Crippen LogP contribution in [0.15, 0.2) is 85.2 Å². The quantitative estimate of drug-likeness (QED) is 0.0740. The van der Waals surface area contributed by atoms with Crippen molar-refractivity contribution in [2.75, 3.05) is 20.3 Å². The van der Waals surface area contributed by atoms with Gasteiger partial charge in [-0.05, 0) is 70.1 Å². The molecule has 4 rings (SSSR count). The van der Waals surface area contributed by atoms with E-state index in [1.54, 1.807) is 12.3 Å². The number of para-hydroxylation sites is 1. The van der Waals surface area contributed by atoms with E-state index in [1.165, 1.54) is 12.7 Å². The Morgan fingerprint density at radius 1 is 0.956 bits per heavy atom. The fourth-order valence-electron chi connectivity index (χ4n) is 5.71. The average Bonchev–Trinajstić information content (AvgIpc) is 3.52. The number of rotatable bonds is 14. The van der Waals surface area contributed by atoms with Gasteiger partial charge in [0.15, 0.2) is 0 Å². The van der Waals surface area contributed by atoms with E-state index in [9.17, 15) is 9.59 Å². The van der Waals surface area contributed by atoms with Gasteiger partial charge in [-0.15, -0.1) is 29.8 Å². The van der Waals surface area contributed by atoms with E-state index in [1.807, 2.05) is 74.0 Å². The molecule has 8 heteroatoms. The molecule has 0 fully saturated rings. The predicted octanol–water partition coefficient (Wildman–Crippen LogP) is 7.75. The molecule has 3 aromatic carbocycles. The summed E-state index contributed by atoms with van der Waals surface area (Å²) in [4.78, 5) is 30.6. The van der Waals surface area contributed by atoms with Gasteiger partial charge in [0, 0.05) is 43.9 Å². The first kappa shape index (κ1) is 35.7. The summed E-state index contributed by atoms with van der Waals surface area (Å²) < 4.78 is 18.7. The van der Waals surface area contributed by atoms with Gasteiger partial charge in [-0.2, -0.15) is 0 Å². The van der Waals surface area contributed by atoms with Crippen LogP contribution in [0.3, 0.4) is 0 Å². The van der Waals surface area contributed by atoms with Crippen LogP contribution in [0, 0.1) is 23.8 Å². The Balaban J connectivity index is 0.00000552. The Hall–Kier alpha value is -3.74. The third-order valence-electron chi connectivity index (χ3n) is 8.19. The first-order valence-electron chi connectivity index (χ1n) is 15.1. The zero-order valence-electron chi connectivity index (χ0n) is 27.0. The molecule has 1 radical (unpaired) electrons. The van der Waals surface area contributed by atoms with Gasteiger partial charge in [0.25, 0.3) is 0 Å². The van der Waals surface area contributed by atoms with Crippen molar-refractivity contribution in [3.63, 3.8) is 0 Å². The van der Waals surface area contributed by atoms with E-state index in [0.717, 1.165) is 29.1 Å². The molecule has 2 unspecified atom stereocenters. The van der Waals surface area contributed by atoms with Crippen LogP contribution in [-0.2, 0) is 39.2 Å². The fourth-order valence-corrected chi connectivity index (χ4v) is 5.71. The molecule has 0 aliphatic heterocycles. The second-order valence-corrected chi connectivity index (χ2v) is 12.3. The van der Waals surface area contributed by atoms with Crippen molar-refractivity contribution >= 4 is 11.9 Å². The van der Waals surface area contributed by atoms with Gasteiger partial charge in [0.2, 0.25) is 0 Å². The number of esters is 2. The number of benzene rings is 3. The Morgan fingerprint density at radius 2 is 1.67 bits per heavy atom. The monoisotopic (exact) mass is 788 g/mol. The maximum absolute atomic E-state index is 13.5. The number of carbonyl (C=O) groups is 2. The van der Waals surface area contributed by atoms with E-state index in [-0.39, 0.29) is 51.2 Å². The molecule has 241 valence electrons. The molecule has 0 bridgehead atoms. The van der Waals surface area contributed by atoms with Crippen molar-refractivity contribution in [1.82, 2.24) is 9.55 Å². The van der Waals surface area contributed by atoms with Gasteiger partial charge in [-0.3, -0.25) is 14.6 Å². The summed E-state index contributed by atoms with van der Waals surface area (Å²) >= 11 is 0. The Kier molecular flexibility index (Phi) is 12.7. The van der Waals surface area contributed by atoms with Crippen molar-refractivity contribution in [3.8, 4) is 22.8 Å². The number of ether oxygens (including phenoxy) is 3. The van der Waals surface area contributed by atoms with Crippen LogP contribution in [0.4, 0.5) is 0 Å².